The molecule has 1 heterocycles. The lowest BCUT2D eigenvalue weighted by Gasteiger charge is -2.40. The van der Waals surface area contributed by atoms with E-state index in [0.29, 0.717) is 6.42 Å². The zero-order chi connectivity index (χ0) is 43.0. The molecule has 0 aromatic carbocycles. The molecule has 0 spiro atoms. The molecule has 0 aliphatic carbocycles. The number of amides is 1. The Balaban J connectivity index is 2.23. The van der Waals surface area contributed by atoms with Gasteiger partial charge in [0.1, 0.15) is 24.4 Å². The SMILES string of the molecule is CC/C=C\C/C=C\C/C=C\C/C=C\C/C=C\CCCCCCCCCCCCCC(=O)NC(COC1OC(CO)C(O)C(O)C1O)C(O)/C=C/CC/C=C/CCCCC. The molecule has 7 atom stereocenters. The Morgan fingerprint density at radius 2 is 1.07 bits per heavy atom. The highest BCUT2D eigenvalue weighted by Gasteiger charge is 2.44. The molecule has 1 fully saturated rings. The van der Waals surface area contributed by atoms with E-state index in [2.05, 4.69) is 92.1 Å². The van der Waals surface area contributed by atoms with E-state index in [1.165, 1.54) is 70.6 Å². The van der Waals surface area contributed by atoms with Crippen LogP contribution in [0.3, 0.4) is 0 Å². The van der Waals surface area contributed by atoms with Gasteiger partial charge in [0.05, 0.1) is 25.4 Å². The number of carbonyl (C=O) groups excluding carboxylic acids is 1. The number of unbranched alkanes of at least 4 members (excludes halogenated alkanes) is 15. The Bertz CT molecular complexity index is 1190. The summed E-state index contributed by atoms with van der Waals surface area (Å²) in [7, 11) is 0. The predicted octanol–water partition coefficient (Wildman–Crippen LogP) is 9.94. The lowest BCUT2D eigenvalue weighted by atomic mass is 9.99. The Morgan fingerprint density at radius 1 is 0.593 bits per heavy atom. The lowest BCUT2D eigenvalue weighted by Crippen LogP contribution is -2.60. The average molecular weight is 828 g/mol. The van der Waals surface area contributed by atoms with Crippen molar-refractivity contribution in [2.24, 2.45) is 0 Å². The topological polar surface area (TPSA) is 149 Å². The molecular formula is C50H85NO8. The summed E-state index contributed by atoms with van der Waals surface area (Å²) >= 11 is 0. The van der Waals surface area contributed by atoms with E-state index in [0.717, 1.165) is 77.0 Å². The number of hydrogen-bond acceptors (Lipinski definition) is 8. The second-order valence-electron chi connectivity index (χ2n) is 15.8. The van der Waals surface area contributed by atoms with Gasteiger partial charge in [-0.05, 0) is 77.0 Å². The number of rotatable bonds is 37. The van der Waals surface area contributed by atoms with Crippen molar-refractivity contribution in [3.8, 4) is 0 Å². The first-order valence-electron chi connectivity index (χ1n) is 23.3. The summed E-state index contributed by atoms with van der Waals surface area (Å²) in [5, 5.41) is 54.0. The van der Waals surface area contributed by atoms with Crippen LogP contribution < -0.4 is 5.32 Å². The monoisotopic (exact) mass is 828 g/mol. The van der Waals surface area contributed by atoms with E-state index in [4.69, 9.17) is 9.47 Å². The fraction of sp³-hybridized carbons (Fsp3) is 0.700. The zero-order valence-corrected chi connectivity index (χ0v) is 37.0. The van der Waals surface area contributed by atoms with Crippen LogP contribution in [0.2, 0.25) is 0 Å². The minimum atomic E-state index is -1.57. The van der Waals surface area contributed by atoms with E-state index < -0.39 is 49.5 Å². The molecule has 6 N–H and O–H groups in total. The van der Waals surface area contributed by atoms with E-state index in [1.54, 1.807) is 6.08 Å². The first-order valence-corrected chi connectivity index (χ1v) is 23.3. The molecule has 1 aliphatic heterocycles. The van der Waals surface area contributed by atoms with Gasteiger partial charge in [-0.25, -0.2) is 0 Å². The average Bonchev–Trinajstić information content (AvgIpc) is 3.23. The van der Waals surface area contributed by atoms with Crippen molar-refractivity contribution in [2.45, 2.75) is 211 Å². The first-order chi connectivity index (χ1) is 28.8. The van der Waals surface area contributed by atoms with Crippen molar-refractivity contribution in [2.75, 3.05) is 13.2 Å². The second-order valence-corrected chi connectivity index (χ2v) is 15.8. The molecule has 338 valence electrons. The third kappa shape index (κ3) is 30.1. The van der Waals surface area contributed by atoms with Gasteiger partial charge in [0.25, 0.3) is 0 Å². The van der Waals surface area contributed by atoms with Crippen molar-refractivity contribution in [1.82, 2.24) is 5.32 Å². The van der Waals surface area contributed by atoms with Gasteiger partial charge in [-0.1, -0.05) is 170 Å². The van der Waals surface area contributed by atoms with Gasteiger partial charge in [-0.15, -0.1) is 0 Å². The molecule has 9 nitrogen and oxygen atoms in total. The first kappa shape index (κ1) is 54.4. The number of hydrogen-bond donors (Lipinski definition) is 6. The summed E-state index contributed by atoms with van der Waals surface area (Å²) in [4.78, 5) is 12.9. The largest absolute Gasteiger partial charge is 0.394 e. The van der Waals surface area contributed by atoms with E-state index in [1.807, 2.05) is 6.08 Å². The van der Waals surface area contributed by atoms with Crippen LogP contribution >= 0.6 is 0 Å². The Morgan fingerprint density at radius 3 is 1.63 bits per heavy atom. The third-order valence-electron chi connectivity index (χ3n) is 10.5. The number of ether oxygens (including phenoxy) is 2. The molecular weight excluding hydrogens is 743 g/mol. The molecule has 0 radical (unpaired) electrons. The van der Waals surface area contributed by atoms with Gasteiger partial charge in [-0.2, -0.15) is 0 Å². The van der Waals surface area contributed by atoms with Crippen LogP contribution in [-0.4, -0.2) is 87.5 Å². The molecule has 1 rings (SSSR count). The molecule has 1 aliphatic rings. The standard InChI is InChI=1S/C50H85NO8/c1-3-5-7-9-11-13-14-15-16-17-18-19-20-21-22-23-24-25-26-27-28-29-30-32-34-36-38-40-46(54)51-43(44(53)39-37-35-33-31-12-10-8-6-4-2)42-58-50-49(57)48(56)47(55)45(41-52)59-50/h5,7,11-13,15-16,18-19,21-22,31,37,39,43-45,47-50,52-53,55-57H,3-4,6,8-10,14,17,20,23-30,32-36,38,40-42H2,1-2H3,(H,51,54)/b7-5-,13-11-,16-15-,19-18-,22-21-,31-12+,39-37+. The molecule has 0 aromatic rings. The Hall–Kier alpha value is -2.63. The van der Waals surface area contributed by atoms with Crippen molar-refractivity contribution in [1.29, 1.82) is 0 Å². The maximum absolute atomic E-state index is 12.9. The van der Waals surface area contributed by atoms with Crippen LogP contribution in [0.1, 0.15) is 168 Å². The van der Waals surface area contributed by atoms with Gasteiger partial charge in [-0.3, -0.25) is 4.79 Å². The van der Waals surface area contributed by atoms with Gasteiger partial charge >= 0.3 is 0 Å². The van der Waals surface area contributed by atoms with Crippen molar-refractivity contribution in [3.05, 3.63) is 85.1 Å². The fourth-order valence-corrected chi connectivity index (χ4v) is 6.73. The van der Waals surface area contributed by atoms with Crippen LogP contribution in [0.4, 0.5) is 0 Å². The highest BCUT2D eigenvalue weighted by molar-refractivity contribution is 5.76. The summed E-state index contributed by atoms with van der Waals surface area (Å²) in [6.45, 7) is 3.56. The number of carbonyl (C=O) groups is 1. The molecule has 1 amide bonds. The van der Waals surface area contributed by atoms with Crippen LogP contribution in [0, 0.1) is 0 Å². The van der Waals surface area contributed by atoms with Crippen molar-refractivity contribution in [3.63, 3.8) is 0 Å². The van der Waals surface area contributed by atoms with E-state index >= 15 is 0 Å². The number of nitrogens with one attached hydrogen (secondary N) is 1. The summed E-state index contributed by atoms with van der Waals surface area (Å²) in [6.07, 6.45) is 47.9. The van der Waals surface area contributed by atoms with Gasteiger partial charge in [0.2, 0.25) is 5.91 Å². The molecule has 9 heteroatoms. The van der Waals surface area contributed by atoms with Crippen molar-refractivity contribution < 1.29 is 39.8 Å². The second kappa shape index (κ2) is 39.5. The van der Waals surface area contributed by atoms with Crippen LogP contribution in [0.25, 0.3) is 0 Å². The van der Waals surface area contributed by atoms with E-state index in [-0.39, 0.29) is 12.5 Å². The maximum Gasteiger partial charge on any atom is 0.220 e. The summed E-state index contributed by atoms with van der Waals surface area (Å²) < 4.78 is 11.2. The molecule has 0 bridgehead atoms. The number of aliphatic hydroxyl groups is 5. The van der Waals surface area contributed by atoms with E-state index in [9.17, 15) is 30.3 Å². The molecule has 1 saturated heterocycles. The van der Waals surface area contributed by atoms with Crippen LogP contribution in [-0.2, 0) is 14.3 Å². The minimum Gasteiger partial charge on any atom is -0.394 e. The fourth-order valence-electron chi connectivity index (χ4n) is 6.73. The Labute approximate surface area is 359 Å². The van der Waals surface area contributed by atoms with Crippen molar-refractivity contribution >= 4 is 5.91 Å². The maximum atomic E-state index is 12.9. The quantitative estimate of drug-likeness (QED) is 0.0268. The highest BCUT2D eigenvalue weighted by atomic mass is 16.7. The number of aliphatic hydroxyl groups excluding tert-OH is 5. The molecule has 7 unspecified atom stereocenters. The van der Waals surface area contributed by atoms with Crippen LogP contribution in [0.15, 0.2) is 85.1 Å². The molecule has 59 heavy (non-hydrogen) atoms. The molecule has 0 aromatic heterocycles. The zero-order valence-electron chi connectivity index (χ0n) is 37.0. The van der Waals surface area contributed by atoms with Gasteiger partial charge in [0, 0.05) is 6.42 Å². The summed E-state index contributed by atoms with van der Waals surface area (Å²) in [5.74, 6) is -0.198. The smallest absolute Gasteiger partial charge is 0.220 e. The normalized spacial score (nSPS) is 21.5. The third-order valence-corrected chi connectivity index (χ3v) is 10.5. The minimum absolute atomic E-state index is 0.198. The van der Waals surface area contributed by atoms with Crippen LogP contribution in [0.5, 0.6) is 0 Å². The summed E-state index contributed by atoms with van der Waals surface area (Å²) in [5.41, 5.74) is 0. The molecule has 0 saturated carbocycles. The van der Waals surface area contributed by atoms with Gasteiger partial charge < -0.3 is 40.3 Å². The Kier molecular flexibility index (Phi) is 36.4. The highest BCUT2D eigenvalue weighted by Crippen LogP contribution is 2.22. The number of allylic oxidation sites excluding steroid dienone is 13. The summed E-state index contributed by atoms with van der Waals surface area (Å²) in [6, 6.07) is -0.825. The lowest BCUT2D eigenvalue weighted by molar-refractivity contribution is -0.302. The predicted molar refractivity (Wildman–Crippen MR) is 244 cm³/mol. The van der Waals surface area contributed by atoms with Gasteiger partial charge in [0.15, 0.2) is 6.29 Å².